The topological polar surface area (TPSA) is 29.5 Å². The lowest BCUT2D eigenvalue weighted by Crippen LogP contribution is -2.33. The van der Waals surface area contributed by atoms with Crippen LogP contribution in [0.25, 0.3) is 0 Å². The van der Waals surface area contributed by atoms with Crippen LogP contribution in [0.15, 0.2) is 140 Å². The molecule has 0 radical (unpaired) electrons. The molecule has 1 N–H and O–H groups in total. The molecule has 0 aromatic heterocycles. The Labute approximate surface area is 258 Å². The van der Waals surface area contributed by atoms with Crippen molar-refractivity contribution in [2.75, 3.05) is 12.8 Å². The summed E-state index contributed by atoms with van der Waals surface area (Å²) in [7, 11) is -1.79. The molecule has 0 aliphatic carbocycles. The van der Waals surface area contributed by atoms with Crippen molar-refractivity contribution in [1.82, 2.24) is 0 Å². The highest BCUT2D eigenvalue weighted by atomic mass is 31.2. The molecule has 220 valence electrons. The third-order valence-corrected chi connectivity index (χ3v) is 13.2. The van der Waals surface area contributed by atoms with Crippen LogP contribution in [0.3, 0.4) is 0 Å². The zero-order valence-electron chi connectivity index (χ0n) is 25.5. The van der Waals surface area contributed by atoms with E-state index >= 15 is 0 Å². The third-order valence-electron chi connectivity index (χ3n) is 8.69. The van der Waals surface area contributed by atoms with Gasteiger partial charge in [-0.05, 0) is 109 Å². The van der Waals surface area contributed by atoms with E-state index in [0.717, 1.165) is 37.6 Å². The van der Waals surface area contributed by atoms with Crippen molar-refractivity contribution in [3.8, 4) is 11.5 Å². The van der Waals surface area contributed by atoms with Crippen molar-refractivity contribution in [3.63, 3.8) is 0 Å². The molecule has 0 spiro atoms. The molecule has 0 bridgehead atoms. The third kappa shape index (κ3) is 7.56. The van der Waals surface area contributed by atoms with Crippen LogP contribution < -0.4 is 20.7 Å². The molecule has 0 fully saturated rings. The van der Waals surface area contributed by atoms with Crippen LogP contribution >= 0.6 is 7.26 Å². The van der Waals surface area contributed by atoms with Crippen molar-refractivity contribution in [1.29, 1.82) is 0 Å². The number of phenolic OH excluding ortho intramolecular Hbond substituents is 1. The second kappa shape index (κ2) is 15.0. The number of ether oxygens (including phenoxy) is 1. The van der Waals surface area contributed by atoms with Gasteiger partial charge in [-0.25, -0.2) is 0 Å². The van der Waals surface area contributed by atoms with Crippen LogP contribution in [0.1, 0.15) is 62.5 Å². The Hall–Kier alpha value is -3.87. The van der Waals surface area contributed by atoms with Gasteiger partial charge in [0, 0.05) is 0 Å². The minimum atomic E-state index is -1.79. The van der Waals surface area contributed by atoms with E-state index in [4.69, 9.17) is 4.74 Å². The highest BCUT2D eigenvalue weighted by Gasteiger charge is 2.44. The molecule has 0 amide bonds. The average Bonchev–Trinajstić information content (AvgIpc) is 3.07. The van der Waals surface area contributed by atoms with Crippen molar-refractivity contribution >= 4 is 23.2 Å². The molecule has 2 unspecified atom stereocenters. The monoisotopic (exact) mass is 587 g/mol. The highest BCUT2D eigenvalue weighted by Crippen LogP contribution is 2.55. The van der Waals surface area contributed by atoms with Crippen LogP contribution in [0.2, 0.25) is 0 Å². The molecule has 5 aromatic rings. The van der Waals surface area contributed by atoms with Gasteiger partial charge >= 0.3 is 0 Å². The van der Waals surface area contributed by atoms with Crippen LogP contribution in [-0.2, 0) is 0 Å². The van der Waals surface area contributed by atoms with Gasteiger partial charge in [0.15, 0.2) is 0 Å². The summed E-state index contributed by atoms with van der Waals surface area (Å²) in [5, 5.41) is 14.0. The summed E-state index contributed by atoms with van der Waals surface area (Å²) in [5.41, 5.74) is 2.64. The molecule has 2 nitrogen and oxygen atoms in total. The Morgan fingerprint density at radius 1 is 0.605 bits per heavy atom. The van der Waals surface area contributed by atoms with Gasteiger partial charge in [-0.2, -0.15) is 0 Å². The van der Waals surface area contributed by atoms with Crippen LogP contribution in [0.5, 0.6) is 11.5 Å². The molecule has 0 aliphatic rings. The Kier molecular flexibility index (Phi) is 10.7. The number of unbranched alkanes of at least 4 members (excludes halogenated alkanes) is 1. The lowest BCUT2D eigenvalue weighted by molar-refractivity contribution is 0.309. The molecule has 3 heteroatoms. The summed E-state index contributed by atoms with van der Waals surface area (Å²) < 4.78 is 6.24. The van der Waals surface area contributed by atoms with Crippen molar-refractivity contribution in [2.45, 2.75) is 51.4 Å². The highest BCUT2D eigenvalue weighted by molar-refractivity contribution is 7.95. The summed E-state index contributed by atoms with van der Waals surface area (Å²) in [6, 6.07) is 49.7. The first-order chi connectivity index (χ1) is 21.1. The van der Waals surface area contributed by atoms with Crippen LogP contribution in [0, 0.1) is 0 Å². The summed E-state index contributed by atoms with van der Waals surface area (Å²) in [6.07, 6.45) is 5.38. The number of phenols is 1. The molecule has 0 aliphatic heterocycles. The maximum absolute atomic E-state index is 9.66. The number of rotatable bonds is 14. The summed E-state index contributed by atoms with van der Waals surface area (Å²) >= 11 is 0. The fourth-order valence-corrected chi connectivity index (χ4v) is 10.7. The number of benzene rings is 5. The number of aromatic hydroxyl groups is 1. The zero-order valence-corrected chi connectivity index (χ0v) is 26.4. The van der Waals surface area contributed by atoms with Gasteiger partial charge < -0.3 is 9.84 Å². The van der Waals surface area contributed by atoms with E-state index < -0.39 is 7.26 Å². The van der Waals surface area contributed by atoms with Crippen LogP contribution in [0.4, 0.5) is 0 Å². The summed E-state index contributed by atoms with van der Waals surface area (Å²) in [4.78, 5) is 0. The molecule has 2 atom stereocenters. The summed E-state index contributed by atoms with van der Waals surface area (Å²) in [6.45, 7) is 5.26. The first-order valence-corrected chi connectivity index (χ1v) is 17.6. The first kappa shape index (κ1) is 30.6. The lowest BCUT2D eigenvalue weighted by Gasteiger charge is -2.27. The maximum Gasteiger partial charge on any atom is 0.119 e. The van der Waals surface area contributed by atoms with E-state index in [1.807, 2.05) is 0 Å². The lowest BCUT2D eigenvalue weighted by atomic mass is 9.84. The van der Waals surface area contributed by atoms with E-state index in [2.05, 4.69) is 141 Å². The molecule has 0 heterocycles. The first-order valence-electron chi connectivity index (χ1n) is 15.7. The molecule has 0 saturated carbocycles. The fourth-order valence-electron chi connectivity index (χ4n) is 6.26. The molecular weight excluding hydrogens is 543 g/mol. The standard InChI is InChI=1S/C40H43O2P/c1-3-33(35-21-25-36(41)26-22-35)31-32(2)34-23-27-37(28-24-34)42-29-13-14-30-43(38-15-7-4-8-16-38,39-17-9-5-10-18-39)40-19-11-6-12-20-40/h4-12,15-28,32-33H,3,13-14,29-31H2,1-2H3/p+1. The van der Waals surface area contributed by atoms with E-state index in [0.29, 0.717) is 24.2 Å². The number of hydrogen-bond acceptors (Lipinski definition) is 2. The van der Waals surface area contributed by atoms with Gasteiger partial charge in [0.2, 0.25) is 0 Å². The Morgan fingerprint density at radius 2 is 1.09 bits per heavy atom. The Balaban J connectivity index is 1.21. The predicted molar refractivity (Wildman–Crippen MR) is 185 cm³/mol. The minimum Gasteiger partial charge on any atom is -0.508 e. The summed E-state index contributed by atoms with van der Waals surface area (Å²) in [5.74, 6) is 2.19. The van der Waals surface area contributed by atoms with E-state index in [-0.39, 0.29) is 0 Å². The molecule has 0 saturated heterocycles. The Bertz CT molecular complexity index is 1400. The van der Waals surface area contributed by atoms with Gasteiger partial charge in [-0.3, -0.25) is 0 Å². The van der Waals surface area contributed by atoms with E-state index in [1.165, 1.54) is 27.0 Å². The quantitative estimate of drug-likeness (QED) is 0.104. The smallest absolute Gasteiger partial charge is 0.119 e. The number of hydrogen-bond donors (Lipinski definition) is 1. The fraction of sp³-hybridized carbons (Fsp3) is 0.250. The van der Waals surface area contributed by atoms with Crippen molar-refractivity contribution in [3.05, 3.63) is 151 Å². The molecule has 5 rings (SSSR count). The van der Waals surface area contributed by atoms with Gasteiger partial charge in [-0.1, -0.05) is 92.7 Å². The second-order valence-electron chi connectivity index (χ2n) is 11.5. The van der Waals surface area contributed by atoms with E-state index in [1.54, 1.807) is 12.1 Å². The van der Waals surface area contributed by atoms with Gasteiger partial charge in [0.25, 0.3) is 0 Å². The maximum atomic E-state index is 9.66. The van der Waals surface area contributed by atoms with Crippen molar-refractivity contribution in [2.24, 2.45) is 0 Å². The van der Waals surface area contributed by atoms with Gasteiger partial charge in [-0.15, -0.1) is 0 Å². The second-order valence-corrected chi connectivity index (χ2v) is 15.1. The minimum absolute atomic E-state index is 0.326. The normalized spacial score (nSPS) is 12.9. The molecule has 43 heavy (non-hydrogen) atoms. The Morgan fingerprint density at radius 3 is 1.58 bits per heavy atom. The predicted octanol–water partition coefficient (Wildman–Crippen LogP) is 9.23. The SMILES string of the molecule is CCC(CC(C)c1ccc(OCCCC[P+](c2ccccc2)(c2ccccc2)c2ccccc2)cc1)c1ccc(O)cc1. The molecule has 5 aromatic carbocycles. The molecular formula is C40H44O2P+. The van der Waals surface area contributed by atoms with Gasteiger partial charge in [0.1, 0.15) is 34.7 Å². The van der Waals surface area contributed by atoms with Crippen molar-refractivity contribution < 1.29 is 9.84 Å². The zero-order chi connectivity index (χ0) is 29.9. The van der Waals surface area contributed by atoms with Gasteiger partial charge in [0.05, 0.1) is 12.8 Å². The van der Waals surface area contributed by atoms with E-state index in [9.17, 15) is 5.11 Å². The average molecular weight is 588 g/mol. The largest absolute Gasteiger partial charge is 0.508 e. The van der Waals surface area contributed by atoms with Crippen LogP contribution in [-0.4, -0.2) is 17.9 Å².